The van der Waals surface area contributed by atoms with Gasteiger partial charge < -0.3 is 20.1 Å². The molecule has 0 saturated carbocycles. The van der Waals surface area contributed by atoms with Crippen LogP contribution in [0.5, 0.6) is 0 Å². The molecule has 0 aliphatic heterocycles. The summed E-state index contributed by atoms with van der Waals surface area (Å²) in [4.78, 5) is 33.2. The van der Waals surface area contributed by atoms with E-state index in [9.17, 15) is 14.4 Å². The van der Waals surface area contributed by atoms with Crippen LogP contribution in [0.15, 0.2) is 12.2 Å². The van der Waals surface area contributed by atoms with E-state index < -0.39 is 11.9 Å². The zero-order chi connectivity index (χ0) is 14.8. The quantitative estimate of drug-likeness (QED) is 0.537. The van der Waals surface area contributed by atoms with Crippen LogP contribution in [0.1, 0.15) is 20.8 Å². The molecule has 0 unspecified atom stereocenters. The van der Waals surface area contributed by atoms with Crippen LogP contribution in [0.25, 0.3) is 0 Å². The Balaban J connectivity index is 3.93. The standard InChI is InChI=1S/C12H20N2O5/c1-8(2)13-12(17)14-9(3)7-19-11(16)6-5-10(15)18-4/h5-6,8-9H,7H2,1-4H3,(H2,13,14,17)/b6-5+/t9-/m0/s1. The lowest BCUT2D eigenvalue weighted by Gasteiger charge is -2.15. The first kappa shape index (κ1) is 16.9. The fourth-order valence-corrected chi connectivity index (χ4v) is 1.03. The molecule has 0 saturated heterocycles. The molecule has 0 aliphatic carbocycles. The zero-order valence-corrected chi connectivity index (χ0v) is 11.6. The van der Waals surface area contributed by atoms with Crippen molar-refractivity contribution >= 4 is 18.0 Å². The van der Waals surface area contributed by atoms with Gasteiger partial charge in [-0.05, 0) is 20.8 Å². The lowest BCUT2D eigenvalue weighted by molar-refractivity contribution is -0.139. The minimum Gasteiger partial charge on any atom is -0.466 e. The van der Waals surface area contributed by atoms with Gasteiger partial charge >= 0.3 is 18.0 Å². The number of methoxy groups -OCH3 is 1. The molecule has 19 heavy (non-hydrogen) atoms. The minimum atomic E-state index is -0.677. The van der Waals surface area contributed by atoms with Crippen molar-refractivity contribution in [3.05, 3.63) is 12.2 Å². The molecule has 0 aromatic carbocycles. The average Bonchev–Trinajstić information content (AvgIpc) is 2.32. The first-order valence-electron chi connectivity index (χ1n) is 5.85. The highest BCUT2D eigenvalue weighted by Gasteiger charge is 2.09. The molecule has 108 valence electrons. The van der Waals surface area contributed by atoms with Crippen molar-refractivity contribution in [2.75, 3.05) is 13.7 Å². The maximum absolute atomic E-state index is 11.3. The molecule has 0 spiro atoms. The zero-order valence-electron chi connectivity index (χ0n) is 11.6. The highest BCUT2D eigenvalue weighted by atomic mass is 16.5. The maximum atomic E-state index is 11.3. The molecule has 0 aromatic rings. The first-order chi connectivity index (χ1) is 8.85. The Morgan fingerprint density at radius 2 is 1.63 bits per heavy atom. The molecule has 7 heteroatoms. The van der Waals surface area contributed by atoms with Gasteiger partial charge in [0.15, 0.2) is 0 Å². The van der Waals surface area contributed by atoms with Crippen LogP contribution < -0.4 is 10.6 Å². The second-order valence-corrected chi connectivity index (χ2v) is 4.16. The van der Waals surface area contributed by atoms with E-state index in [1.807, 2.05) is 13.8 Å². The molecule has 1 atom stereocenters. The largest absolute Gasteiger partial charge is 0.466 e. The fraction of sp³-hybridized carbons (Fsp3) is 0.583. The third kappa shape index (κ3) is 9.63. The van der Waals surface area contributed by atoms with Gasteiger partial charge in [-0.3, -0.25) is 0 Å². The third-order valence-corrected chi connectivity index (χ3v) is 1.83. The number of nitrogens with one attached hydrogen (secondary N) is 2. The van der Waals surface area contributed by atoms with Gasteiger partial charge in [0.1, 0.15) is 6.61 Å². The molecular weight excluding hydrogens is 252 g/mol. The van der Waals surface area contributed by atoms with Crippen molar-refractivity contribution in [3.63, 3.8) is 0 Å². The summed E-state index contributed by atoms with van der Waals surface area (Å²) in [5.41, 5.74) is 0. The van der Waals surface area contributed by atoms with Crippen molar-refractivity contribution in [3.8, 4) is 0 Å². The Hall–Kier alpha value is -2.05. The molecule has 0 heterocycles. The summed E-state index contributed by atoms with van der Waals surface area (Å²) in [6.07, 6.45) is 1.93. The van der Waals surface area contributed by atoms with Gasteiger partial charge in [-0.25, -0.2) is 14.4 Å². The van der Waals surface area contributed by atoms with Gasteiger partial charge in [-0.1, -0.05) is 0 Å². The van der Waals surface area contributed by atoms with Crippen LogP contribution in [0.4, 0.5) is 4.79 Å². The number of carbonyl (C=O) groups excluding carboxylic acids is 3. The summed E-state index contributed by atoms with van der Waals surface area (Å²) in [6.45, 7) is 5.37. The summed E-state index contributed by atoms with van der Waals surface area (Å²) < 4.78 is 9.15. The Morgan fingerprint density at radius 1 is 1.05 bits per heavy atom. The van der Waals surface area contributed by atoms with Gasteiger partial charge in [-0.2, -0.15) is 0 Å². The second-order valence-electron chi connectivity index (χ2n) is 4.16. The van der Waals surface area contributed by atoms with Gasteiger partial charge in [0.2, 0.25) is 0 Å². The molecule has 0 rings (SSSR count). The summed E-state index contributed by atoms with van der Waals surface area (Å²) in [7, 11) is 1.21. The second kappa shape index (κ2) is 8.96. The highest BCUT2D eigenvalue weighted by Crippen LogP contribution is 1.89. The van der Waals surface area contributed by atoms with Crippen molar-refractivity contribution in [1.82, 2.24) is 10.6 Å². The molecule has 2 amide bonds. The monoisotopic (exact) mass is 272 g/mol. The van der Waals surface area contributed by atoms with Crippen molar-refractivity contribution in [1.29, 1.82) is 0 Å². The average molecular weight is 272 g/mol. The van der Waals surface area contributed by atoms with E-state index in [4.69, 9.17) is 4.74 Å². The molecule has 7 nitrogen and oxygen atoms in total. The van der Waals surface area contributed by atoms with E-state index in [2.05, 4.69) is 15.4 Å². The fourth-order valence-electron chi connectivity index (χ4n) is 1.03. The van der Waals surface area contributed by atoms with E-state index in [-0.39, 0.29) is 24.7 Å². The summed E-state index contributed by atoms with van der Waals surface area (Å²) in [5.74, 6) is -1.32. The number of esters is 2. The van der Waals surface area contributed by atoms with Gasteiger partial charge in [0.05, 0.1) is 13.2 Å². The minimum absolute atomic E-state index is 0.00978. The number of amides is 2. The van der Waals surface area contributed by atoms with Crippen LogP contribution in [0.3, 0.4) is 0 Å². The molecular formula is C12H20N2O5. The van der Waals surface area contributed by atoms with Crippen molar-refractivity contribution in [2.45, 2.75) is 32.9 Å². The summed E-state index contributed by atoms with van der Waals surface area (Å²) >= 11 is 0. The topological polar surface area (TPSA) is 93.7 Å². The van der Waals surface area contributed by atoms with E-state index >= 15 is 0 Å². The van der Waals surface area contributed by atoms with Crippen molar-refractivity contribution in [2.24, 2.45) is 0 Å². The summed E-state index contributed by atoms with van der Waals surface area (Å²) in [5, 5.41) is 5.24. The van der Waals surface area contributed by atoms with Crippen LogP contribution in [0.2, 0.25) is 0 Å². The SMILES string of the molecule is COC(=O)/C=C/C(=O)OC[C@H](C)NC(=O)NC(C)C. The number of urea groups is 1. The number of ether oxygens (including phenoxy) is 2. The number of rotatable bonds is 6. The Bertz CT molecular complexity index is 352. The van der Waals surface area contributed by atoms with E-state index in [1.165, 1.54) is 7.11 Å². The predicted molar refractivity (Wildman–Crippen MR) is 68.4 cm³/mol. The molecule has 0 fully saturated rings. The summed E-state index contributed by atoms with van der Waals surface area (Å²) in [6, 6.07) is -0.643. The maximum Gasteiger partial charge on any atom is 0.331 e. The van der Waals surface area contributed by atoms with Crippen LogP contribution in [0, 0.1) is 0 Å². The first-order valence-corrected chi connectivity index (χ1v) is 5.85. The normalized spacial score (nSPS) is 12.1. The van der Waals surface area contributed by atoms with Gasteiger partial charge in [0.25, 0.3) is 0 Å². The predicted octanol–water partition coefficient (Wildman–Crippen LogP) is 0.355. The molecule has 0 aromatic heterocycles. The van der Waals surface area contributed by atoms with E-state index in [0.717, 1.165) is 12.2 Å². The van der Waals surface area contributed by atoms with Gasteiger partial charge in [-0.15, -0.1) is 0 Å². The number of hydrogen-bond acceptors (Lipinski definition) is 5. The van der Waals surface area contributed by atoms with Crippen LogP contribution in [-0.4, -0.2) is 43.8 Å². The van der Waals surface area contributed by atoms with Crippen LogP contribution >= 0.6 is 0 Å². The molecule has 0 aliphatic rings. The molecule has 0 bridgehead atoms. The van der Waals surface area contributed by atoms with E-state index in [1.54, 1.807) is 6.92 Å². The molecule has 0 radical (unpaired) electrons. The Morgan fingerprint density at radius 3 is 2.16 bits per heavy atom. The third-order valence-electron chi connectivity index (χ3n) is 1.83. The highest BCUT2D eigenvalue weighted by molar-refractivity contribution is 5.91. The lowest BCUT2D eigenvalue weighted by Crippen LogP contribution is -2.45. The molecule has 2 N–H and O–H groups in total. The van der Waals surface area contributed by atoms with Crippen LogP contribution in [-0.2, 0) is 19.1 Å². The van der Waals surface area contributed by atoms with E-state index in [0.29, 0.717) is 0 Å². The van der Waals surface area contributed by atoms with Gasteiger partial charge in [0, 0.05) is 18.2 Å². The lowest BCUT2D eigenvalue weighted by atomic mass is 10.3. The Kier molecular flexibility index (Phi) is 7.99. The number of hydrogen-bond donors (Lipinski definition) is 2. The smallest absolute Gasteiger partial charge is 0.331 e. The Labute approximate surface area is 112 Å². The number of carbonyl (C=O) groups is 3. The van der Waals surface area contributed by atoms with Crippen molar-refractivity contribution < 1.29 is 23.9 Å².